The largest absolute Gasteiger partial charge is 0.465 e. The highest BCUT2D eigenvalue weighted by Crippen LogP contribution is 2.40. The lowest BCUT2D eigenvalue weighted by atomic mass is 9.69. The molecule has 0 bridgehead atoms. The average Bonchev–Trinajstić information content (AvgIpc) is 2.71. The molecule has 166 valence electrons. The lowest BCUT2D eigenvalue weighted by Crippen LogP contribution is -2.50. The van der Waals surface area contributed by atoms with Crippen molar-refractivity contribution in [1.82, 2.24) is 16.2 Å². The molecule has 2 aliphatic rings. The van der Waals surface area contributed by atoms with Crippen molar-refractivity contribution in [2.45, 2.75) is 51.0 Å². The smallest absolute Gasteiger partial charge is 0.323 e. The van der Waals surface area contributed by atoms with Crippen LogP contribution in [0.2, 0.25) is 0 Å². The van der Waals surface area contributed by atoms with Gasteiger partial charge < -0.3 is 25.8 Å². The predicted molar refractivity (Wildman–Crippen MR) is 109 cm³/mol. The Hall–Kier alpha value is -1.91. The van der Waals surface area contributed by atoms with Crippen LogP contribution in [0.15, 0.2) is 5.10 Å². The number of carbonyl (C=O) groups excluding carboxylic acids is 2. The summed E-state index contributed by atoms with van der Waals surface area (Å²) in [5.41, 5.74) is 8.03. The number of ether oxygens (including phenoxy) is 2. The molecule has 1 aliphatic heterocycles. The van der Waals surface area contributed by atoms with Crippen LogP contribution in [0.1, 0.15) is 44.9 Å². The van der Waals surface area contributed by atoms with Crippen molar-refractivity contribution >= 4 is 17.8 Å². The Morgan fingerprint density at radius 3 is 2.72 bits per heavy atom. The quantitative estimate of drug-likeness (QED) is 0.0761. The van der Waals surface area contributed by atoms with E-state index < -0.39 is 0 Å². The summed E-state index contributed by atoms with van der Waals surface area (Å²) in [6.45, 7) is 1.55. The Kier molecular flexibility index (Phi) is 10.2. The molecular weight excluding hydrogens is 376 g/mol. The number of fused-ring (bicyclic) bond motifs is 1. The molecule has 10 nitrogen and oxygen atoms in total. The van der Waals surface area contributed by atoms with Gasteiger partial charge in [-0.1, -0.05) is 6.42 Å². The van der Waals surface area contributed by atoms with Crippen LogP contribution < -0.4 is 27.7 Å². The number of carbonyl (C=O) groups is 2. The molecule has 2 fully saturated rings. The maximum atomic E-state index is 12.4. The number of hydrazine groups is 1. The summed E-state index contributed by atoms with van der Waals surface area (Å²) in [5, 5.41) is 9.88. The molecule has 4 atom stereocenters. The lowest BCUT2D eigenvalue weighted by Gasteiger charge is -2.42. The second-order valence-electron chi connectivity index (χ2n) is 7.94. The first-order valence-electron chi connectivity index (χ1n) is 10.5. The van der Waals surface area contributed by atoms with Crippen molar-refractivity contribution in [2.24, 2.45) is 34.4 Å². The van der Waals surface area contributed by atoms with Crippen LogP contribution in [0, 0.1) is 17.8 Å². The minimum atomic E-state index is -0.307. The number of rotatable bonds is 11. The van der Waals surface area contributed by atoms with Crippen molar-refractivity contribution < 1.29 is 19.1 Å². The van der Waals surface area contributed by atoms with Crippen molar-refractivity contribution in [1.29, 1.82) is 0 Å². The lowest BCUT2D eigenvalue weighted by molar-refractivity contribution is -0.149. The van der Waals surface area contributed by atoms with Gasteiger partial charge in [-0.15, -0.1) is 0 Å². The third kappa shape index (κ3) is 8.15. The third-order valence-electron chi connectivity index (χ3n) is 5.83. The van der Waals surface area contributed by atoms with Gasteiger partial charge in [-0.3, -0.25) is 9.59 Å². The van der Waals surface area contributed by atoms with Crippen LogP contribution in [-0.4, -0.2) is 57.2 Å². The Labute approximate surface area is 172 Å². The van der Waals surface area contributed by atoms with Crippen LogP contribution >= 0.6 is 0 Å². The second-order valence-corrected chi connectivity index (χ2v) is 7.94. The van der Waals surface area contributed by atoms with Gasteiger partial charge in [0.15, 0.2) is 0 Å². The SMILES string of the molecule is CNCC(=O)OCCCOC(=O)C1CC2CC(CC/C(N)=N/NN)CCC2CN1. The molecule has 0 amide bonds. The Morgan fingerprint density at radius 2 is 1.97 bits per heavy atom. The number of hydrogen-bond donors (Lipinski definition) is 5. The predicted octanol–water partition coefficient (Wildman–Crippen LogP) is -0.408. The fourth-order valence-corrected chi connectivity index (χ4v) is 4.31. The van der Waals surface area contributed by atoms with Crippen LogP contribution in [-0.2, 0) is 19.1 Å². The Morgan fingerprint density at radius 1 is 1.17 bits per heavy atom. The zero-order valence-corrected chi connectivity index (χ0v) is 17.3. The highest BCUT2D eigenvalue weighted by atomic mass is 16.5. The molecule has 10 heteroatoms. The topological polar surface area (TPSA) is 153 Å². The molecule has 1 aliphatic carbocycles. The fraction of sp³-hybridized carbons (Fsp3) is 0.842. The van der Waals surface area contributed by atoms with Gasteiger partial charge in [0, 0.05) is 12.8 Å². The van der Waals surface area contributed by atoms with Crippen LogP contribution in [0.4, 0.5) is 0 Å². The molecule has 1 saturated heterocycles. The zero-order valence-electron chi connectivity index (χ0n) is 17.3. The maximum Gasteiger partial charge on any atom is 0.323 e. The van der Waals surface area contributed by atoms with Crippen LogP contribution in [0.25, 0.3) is 0 Å². The minimum absolute atomic E-state index is 0.179. The van der Waals surface area contributed by atoms with Gasteiger partial charge in [0.2, 0.25) is 0 Å². The summed E-state index contributed by atoms with van der Waals surface area (Å²) < 4.78 is 10.4. The van der Waals surface area contributed by atoms with Gasteiger partial charge in [-0.05, 0) is 57.0 Å². The van der Waals surface area contributed by atoms with Gasteiger partial charge in [-0.25, -0.2) is 11.4 Å². The van der Waals surface area contributed by atoms with Crippen molar-refractivity contribution in [2.75, 3.05) is 33.4 Å². The third-order valence-corrected chi connectivity index (χ3v) is 5.83. The first-order valence-corrected chi connectivity index (χ1v) is 10.5. The molecule has 0 spiro atoms. The first kappa shape index (κ1) is 23.4. The summed E-state index contributed by atoms with van der Waals surface area (Å²) in [4.78, 5) is 23.6. The molecule has 2 rings (SSSR count). The van der Waals surface area contributed by atoms with Crippen molar-refractivity contribution in [3.8, 4) is 0 Å². The zero-order chi connectivity index (χ0) is 21.1. The van der Waals surface area contributed by atoms with E-state index in [2.05, 4.69) is 21.3 Å². The van der Waals surface area contributed by atoms with Gasteiger partial charge >= 0.3 is 11.9 Å². The first-order chi connectivity index (χ1) is 14.0. The Balaban J connectivity index is 1.67. The number of amidine groups is 1. The summed E-state index contributed by atoms with van der Waals surface area (Å²) in [6, 6.07) is -0.255. The molecule has 7 N–H and O–H groups in total. The van der Waals surface area contributed by atoms with E-state index in [4.69, 9.17) is 21.1 Å². The van der Waals surface area contributed by atoms with E-state index in [1.165, 1.54) is 12.8 Å². The number of piperidine rings is 1. The number of nitrogens with zero attached hydrogens (tertiary/aromatic N) is 1. The normalized spacial score (nSPS) is 27.0. The van der Waals surface area contributed by atoms with E-state index >= 15 is 0 Å². The van der Waals surface area contributed by atoms with E-state index in [1.54, 1.807) is 7.05 Å². The number of likely N-dealkylation sites (N-methyl/N-ethyl adjacent to an activating group) is 1. The molecule has 4 unspecified atom stereocenters. The van der Waals surface area contributed by atoms with Crippen LogP contribution in [0.5, 0.6) is 0 Å². The summed E-state index contributed by atoms with van der Waals surface area (Å²) >= 11 is 0. The number of hydrazone groups is 1. The highest BCUT2D eigenvalue weighted by molar-refractivity contribution is 5.79. The monoisotopic (exact) mass is 412 g/mol. The molecule has 0 radical (unpaired) electrons. The summed E-state index contributed by atoms with van der Waals surface area (Å²) in [5.74, 6) is 6.92. The Bertz CT molecular complexity index is 559. The number of nitrogens with one attached hydrogen (secondary N) is 3. The molecule has 0 aromatic heterocycles. The van der Waals surface area contributed by atoms with Gasteiger partial charge in [0.25, 0.3) is 0 Å². The number of hydrogen-bond acceptors (Lipinski definition) is 9. The van der Waals surface area contributed by atoms with E-state index in [9.17, 15) is 9.59 Å². The highest BCUT2D eigenvalue weighted by Gasteiger charge is 2.38. The average molecular weight is 413 g/mol. The minimum Gasteiger partial charge on any atom is -0.465 e. The molecule has 0 aromatic rings. The van der Waals surface area contributed by atoms with E-state index in [-0.39, 0.29) is 37.7 Å². The van der Waals surface area contributed by atoms with E-state index in [0.29, 0.717) is 30.0 Å². The van der Waals surface area contributed by atoms with Crippen molar-refractivity contribution in [3.63, 3.8) is 0 Å². The summed E-state index contributed by atoms with van der Waals surface area (Å²) in [6.07, 6.45) is 6.51. The second kappa shape index (κ2) is 12.6. The van der Waals surface area contributed by atoms with E-state index in [0.717, 1.165) is 32.2 Å². The molecule has 1 saturated carbocycles. The molecule has 1 heterocycles. The van der Waals surface area contributed by atoms with Crippen LogP contribution in [0.3, 0.4) is 0 Å². The summed E-state index contributed by atoms with van der Waals surface area (Å²) in [7, 11) is 1.68. The standard InChI is InChI=1S/C19H36N6O4/c1-22-12-18(26)28-7-2-8-29-19(27)16-10-15-9-13(3-5-14(15)11-23-16)4-6-17(20)24-25-21/h13-16,22-23,25H,2-12,21H2,1H3,(H2,20,24). The maximum absolute atomic E-state index is 12.4. The molecule has 29 heavy (non-hydrogen) atoms. The number of nitrogens with two attached hydrogens (primary N) is 2. The van der Waals surface area contributed by atoms with Gasteiger partial charge in [0.05, 0.1) is 19.8 Å². The molecular formula is C19H36N6O4. The van der Waals surface area contributed by atoms with Gasteiger partial charge in [0.1, 0.15) is 11.9 Å². The molecule has 0 aromatic carbocycles. The van der Waals surface area contributed by atoms with E-state index in [1.807, 2.05) is 0 Å². The van der Waals surface area contributed by atoms with Crippen molar-refractivity contribution in [3.05, 3.63) is 0 Å². The number of esters is 2. The fourth-order valence-electron chi connectivity index (χ4n) is 4.31. The van der Waals surface area contributed by atoms with Gasteiger partial charge in [-0.2, -0.15) is 5.10 Å².